The van der Waals surface area contributed by atoms with Gasteiger partial charge in [-0.15, -0.1) is 22.7 Å². The van der Waals surface area contributed by atoms with Crippen molar-refractivity contribution in [1.82, 2.24) is 4.98 Å². The van der Waals surface area contributed by atoms with E-state index in [0.29, 0.717) is 11.6 Å². The van der Waals surface area contributed by atoms with Crippen LogP contribution in [0.4, 0.5) is 5.13 Å². The highest BCUT2D eigenvalue weighted by molar-refractivity contribution is 7.17. The van der Waals surface area contributed by atoms with Gasteiger partial charge in [-0.05, 0) is 31.9 Å². The highest BCUT2D eigenvalue weighted by atomic mass is 32.1. The number of thiophene rings is 1. The van der Waals surface area contributed by atoms with Crippen LogP contribution >= 0.6 is 22.7 Å². The van der Waals surface area contributed by atoms with Crippen molar-refractivity contribution in [3.05, 3.63) is 22.4 Å². The number of aliphatic carboxylic acids is 1. The summed E-state index contributed by atoms with van der Waals surface area (Å²) in [6.45, 7) is 2.03. The van der Waals surface area contributed by atoms with Crippen molar-refractivity contribution in [2.45, 2.75) is 32.0 Å². The average Bonchev–Trinajstić information content (AvgIpc) is 3.29. The molecule has 24 heavy (non-hydrogen) atoms. The lowest BCUT2D eigenvalue weighted by atomic mass is 9.79. The Bertz CT molecular complexity index is 800. The molecule has 4 atom stereocenters. The molecule has 2 aromatic heterocycles. The molecule has 1 amide bonds. The second kappa shape index (κ2) is 5.94. The van der Waals surface area contributed by atoms with Crippen molar-refractivity contribution in [2.75, 3.05) is 5.32 Å². The first-order valence-corrected chi connectivity index (χ1v) is 9.44. The van der Waals surface area contributed by atoms with E-state index < -0.39 is 17.8 Å². The lowest BCUT2D eigenvalue weighted by Gasteiger charge is -2.23. The fraction of sp³-hybridized carbons (Fsp3) is 0.438. The summed E-state index contributed by atoms with van der Waals surface area (Å²) in [4.78, 5) is 30.8. The number of aromatic nitrogens is 1. The number of rotatable bonds is 4. The van der Waals surface area contributed by atoms with Gasteiger partial charge in [0.25, 0.3) is 0 Å². The molecule has 2 N–H and O–H groups in total. The van der Waals surface area contributed by atoms with Crippen molar-refractivity contribution in [2.24, 2.45) is 11.8 Å². The summed E-state index contributed by atoms with van der Waals surface area (Å²) in [5.41, 5.74) is 0.826. The van der Waals surface area contributed by atoms with Crippen molar-refractivity contribution >= 4 is 39.7 Å². The van der Waals surface area contributed by atoms with Crippen LogP contribution in [-0.4, -0.2) is 34.2 Å². The molecule has 2 fully saturated rings. The largest absolute Gasteiger partial charge is 0.481 e. The molecule has 0 spiro atoms. The molecule has 0 aromatic carbocycles. The maximum Gasteiger partial charge on any atom is 0.310 e. The minimum absolute atomic E-state index is 0.296. The lowest BCUT2D eigenvalue weighted by Crippen LogP contribution is -2.40. The van der Waals surface area contributed by atoms with E-state index in [0.717, 1.165) is 17.0 Å². The summed E-state index contributed by atoms with van der Waals surface area (Å²) in [6, 6.07) is 4.03. The topological polar surface area (TPSA) is 88.5 Å². The van der Waals surface area contributed by atoms with Gasteiger partial charge in [0, 0.05) is 10.3 Å². The fourth-order valence-corrected chi connectivity index (χ4v) is 5.15. The number of hydrogen-bond acceptors (Lipinski definition) is 6. The summed E-state index contributed by atoms with van der Waals surface area (Å²) in [5.74, 6) is -2.67. The summed E-state index contributed by atoms with van der Waals surface area (Å²) >= 11 is 2.99. The number of carbonyl (C=O) groups is 2. The molecule has 4 rings (SSSR count). The zero-order valence-electron chi connectivity index (χ0n) is 12.9. The predicted molar refractivity (Wildman–Crippen MR) is 91.3 cm³/mol. The van der Waals surface area contributed by atoms with E-state index in [1.807, 2.05) is 24.4 Å². The molecule has 0 radical (unpaired) electrons. The van der Waals surface area contributed by atoms with Gasteiger partial charge in [0.05, 0.1) is 34.6 Å². The SMILES string of the molecule is Cc1ccc(-c2csc(NC(=O)C3C4CCC(O4)C3C(=O)O)n2)s1. The second-order valence-electron chi connectivity index (χ2n) is 6.12. The number of carbonyl (C=O) groups excluding carboxylic acids is 1. The molecule has 2 bridgehead atoms. The first-order valence-electron chi connectivity index (χ1n) is 7.74. The number of aryl methyl sites for hydroxylation is 1. The smallest absolute Gasteiger partial charge is 0.310 e. The van der Waals surface area contributed by atoms with E-state index in [1.165, 1.54) is 16.2 Å². The number of anilines is 1. The highest BCUT2D eigenvalue weighted by Crippen LogP contribution is 2.44. The van der Waals surface area contributed by atoms with Gasteiger partial charge in [0.2, 0.25) is 5.91 Å². The minimum Gasteiger partial charge on any atom is -0.481 e. The molecule has 2 aliphatic heterocycles. The third-order valence-corrected chi connectivity index (χ3v) is 6.37. The molecule has 2 saturated heterocycles. The Hall–Kier alpha value is -1.77. The van der Waals surface area contributed by atoms with Gasteiger partial charge in [-0.1, -0.05) is 0 Å². The number of ether oxygens (including phenoxy) is 1. The summed E-state index contributed by atoms with van der Waals surface area (Å²) in [6.07, 6.45) is 0.814. The molecule has 2 aliphatic rings. The summed E-state index contributed by atoms with van der Waals surface area (Å²) in [5, 5.41) is 14.6. The maximum absolute atomic E-state index is 12.6. The van der Waals surface area contributed by atoms with E-state index >= 15 is 0 Å². The molecule has 0 aliphatic carbocycles. The van der Waals surface area contributed by atoms with Crippen LogP contribution in [0.25, 0.3) is 10.6 Å². The number of nitrogens with zero attached hydrogens (tertiary/aromatic N) is 1. The van der Waals surface area contributed by atoms with Crippen LogP contribution in [0, 0.1) is 18.8 Å². The monoisotopic (exact) mass is 364 g/mol. The molecule has 4 heterocycles. The number of carboxylic acid groups (broad SMARTS) is 1. The van der Waals surface area contributed by atoms with Gasteiger partial charge < -0.3 is 15.2 Å². The maximum atomic E-state index is 12.6. The normalized spacial score (nSPS) is 28.2. The van der Waals surface area contributed by atoms with Crippen LogP contribution in [0.15, 0.2) is 17.5 Å². The Morgan fingerprint density at radius 3 is 2.71 bits per heavy atom. The van der Waals surface area contributed by atoms with Crippen LogP contribution in [0.3, 0.4) is 0 Å². The Balaban J connectivity index is 1.50. The predicted octanol–water partition coefficient (Wildman–Crippen LogP) is 3.00. The fourth-order valence-electron chi connectivity index (χ4n) is 3.53. The Labute approximate surface area is 146 Å². The van der Waals surface area contributed by atoms with Crippen LogP contribution in [0.1, 0.15) is 17.7 Å². The van der Waals surface area contributed by atoms with E-state index in [1.54, 1.807) is 11.3 Å². The van der Waals surface area contributed by atoms with E-state index in [2.05, 4.69) is 10.3 Å². The average molecular weight is 364 g/mol. The van der Waals surface area contributed by atoms with Crippen molar-refractivity contribution in [3.8, 4) is 10.6 Å². The third kappa shape index (κ3) is 2.64. The number of thiazole rings is 1. The van der Waals surface area contributed by atoms with E-state index in [4.69, 9.17) is 4.74 Å². The standard InChI is InChI=1S/C16H16N2O4S2/c1-7-2-5-11(24-7)8-6-23-16(17-8)18-14(19)12-9-3-4-10(22-9)13(12)15(20)21/h2,5-6,9-10,12-13H,3-4H2,1H3,(H,20,21)(H,17,18,19). The number of carboxylic acids is 1. The Morgan fingerprint density at radius 2 is 2.04 bits per heavy atom. The third-order valence-electron chi connectivity index (χ3n) is 4.59. The van der Waals surface area contributed by atoms with Crippen molar-refractivity contribution in [1.29, 1.82) is 0 Å². The molecule has 6 nitrogen and oxygen atoms in total. The van der Waals surface area contributed by atoms with Gasteiger partial charge in [0.15, 0.2) is 5.13 Å². The lowest BCUT2D eigenvalue weighted by molar-refractivity contribution is -0.147. The number of amides is 1. The minimum atomic E-state index is -0.962. The van der Waals surface area contributed by atoms with Crippen LogP contribution < -0.4 is 5.32 Å². The van der Waals surface area contributed by atoms with Crippen molar-refractivity contribution < 1.29 is 19.4 Å². The Kier molecular flexibility index (Phi) is 3.90. The number of hydrogen-bond donors (Lipinski definition) is 2. The molecule has 0 saturated carbocycles. The van der Waals surface area contributed by atoms with E-state index in [-0.39, 0.29) is 18.1 Å². The van der Waals surface area contributed by atoms with Crippen LogP contribution in [0.2, 0.25) is 0 Å². The van der Waals surface area contributed by atoms with Crippen molar-refractivity contribution in [3.63, 3.8) is 0 Å². The molecule has 4 unspecified atom stereocenters. The zero-order valence-corrected chi connectivity index (χ0v) is 14.5. The van der Waals surface area contributed by atoms with E-state index in [9.17, 15) is 14.7 Å². The zero-order chi connectivity index (χ0) is 16.8. The van der Waals surface area contributed by atoms with Gasteiger partial charge >= 0.3 is 5.97 Å². The molecule has 8 heteroatoms. The first-order chi connectivity index (χ1) is 11.5. The highest BCUT2D eigenvalue weighted by Gasteiger charge is 2.55. The summed E-state index contributed by atoms with van der Waals surface area (Å²) in [7, 11) is 0. The second-order valence-corrected chi connectivity index (χ2v) is 8.26. The molecular weight excluding hydrogens is 348 g/mol. The van der Waals surface area contributed by atoms with Gasteiger partial charge in [-0.3, -0.25) is 9.59 Å². The molecular formula is C16H16N2O4S2. The molecule has 126 valence electrons. The van der Waals surface area contributed by atoms with Gasteiger partial charge in [0.1, 0.15) is 0 Å². The van der Waals surface area contributed by atoms with Crippen LogP contribution in [0.5, 0.6) is 0 Å². The van der Waals surface area contributed by atoms with Crippen LogP contribution in [-0.2, 0) is 14.3 Å². The number of fused-ring (bicyclic) bond motifs is 2. The first kappa shape index (κ1) is 15.7. The Morgan fingerprint density at radius 1 is 1.29 bits per heavy atom. The van der Waals surface area contributed by atoms with Gasteiger partial charge in [-0.25, -0.2) is 4.98 Å². The quantitative estimate of drug-likeness (QED) is 0.871. The molecule has 2 aromatic rings. The summed E-state index contributed by atoms with van der Waals surface area (Å²) < 4.78 is 5.64. The number of nitrogens with one attached hydrogen (secondary N) is 1. The van der Waals surface area contributed by atoms with Gasteiger partial charge in [-0.2, -0.15) is 0 Å².